The zero-order valence-electron chi connectivity index (χ0n) is 16.6. The molecule has 0 fully saturated rings. The minimum atomic E-state index is -0.205. The summed E-state index contributed by atoms with van der Waals surface area (Å²) in [5.74, 6) is 1.24. The van der Waals surface area contributed by atoms with Gasteiger partial charge in [-0.15, -0.1) is 0 Å². The quantitative estimate of drug-likeness (QED) is 0.550. The van der Waals surface area contributed by atoms with Crippen LogP contribution in [0.15, 0.2) is 66.9 Å². The molecule has 0 atom stereocenters. The minimum Gasteiger partial charge on any atom is -0.487 e. The van der Waals surface area contributed by atoms with Crippen LogP contribution in [-0.2, 0) is 22.6 Å². The molecule has 3 rings (SSSR count). The van der Waals surface area contributed by atoms with E-state index < -0.39 is 0 Å². The van der Waals surface area contributed by atoms with Crippen LogP contribution in [-0.4, -0.2) is 23.0 Å². The first-order chi connectivity index (χ1) is 13.7. The third kappa shape index (κ3) is 6.50. The zero-order chi connectivity index (χ0) is 20.2. The molecule has 0 N–H and O–H groups in total. The van der Waals surface area contributed by atoms with E-state index in [2.05, 4.69) is 14.7 Å². The van der Waals surface area contributed by atoms with Crippen LogP contribution >= 0.6 is 0 Å². The van der Waals surface area contributed by atoms with Crippen molar-refractivity contribution in [2.24, 2.45) is 0 Å². The van der Waals surface area contributed by atoms with E-state index >= 15 is 0 Å². The fraction of sp³-hybridized carbons (Fsp3) is 0.261. The molecule has 0 aliphatic carbocycles. The van der Waals surface area contributed by atoms with Crippen molar-refractivity contribution >= 4 is 5.97 Å². The Balaban J connectivity index is 0.00000136. The topological polar surface area (TPSA) is 61.3 Å². The van der Waals surface area contributed by atoms with Gasteiger partial charge in [0.15, 0.2) is 5.82 Å². The maximum absolute atomic E-state index is 11.2. The second-order valence-corrected chi connectivity index (χ2v) is 5.75. The SMILES string of the molecule is CC.COC(=O)CCc1ccc(OCc2ccnc(-c3ccccc3)n2)cc1. The molecule has 146 valence electrons. The molecule has 0 saturated heterocycles. The molecule has 0 unspecified atom stereocenters. The first-order valence-corrected chi connectivity index (χ1v) is 9.40. The monoisotopic (exact) mass is 378 g/mol. The summed E-state index contributed by atoms with van der Waals surface area (Å²) in [5, 5.41) is 0. The number of hydrogen-bond acceptors (Lipinski definition) is 5. The molecule has 0 amide bonds. The highest BCUT2D eigenvalue weighted by Crippen LogP contribution is 2.17. The van der Waals surface area contributed by atoms with Gasteiger partial charge in [0, 0.05) is 18.2 Å². The van der Waals surface area contributed by atoms with E-state index in [-0.39, 0.29) is 5.97 Å². The van der Waals surface area contributed by atoms with Gasteiger partial charge in [0.1, 0.15) is 12.4 Å². The van der Waals surface area contributed by atoms with Crippen molar-refractivity contribution in [1.29, 1.82) is 0 Å². The number of esters is 1. The van der Waals surface area contributed by atoms with Crippen molar-refractivity contribution in [3.63, 3.8) is 0 Å². The van der Waals surface area contributed by atoms with Gasteiger partial charge < -0.3 is 9.47 Å². The van der Waals surface area contributed by atoms with Gasteiger partial charge in [-0.1, -0.05) is 56.3 Å². The van der Waals surface area contributed by atoms with Crippen molar-refractivity contribution < 1.29 is 14.3 Å². The summed E-state index contributed by atoms with van der Waals surface area (Å²) in [6.07, 6.45) is 2.77. The Kier molecular flexibility index (Phi) is 8.66. The lowest BCUT2D eigenvalue weighted by Crippen LogP contribution is -2.02. The van der Waals surface area contributed by atoms with E-state index in [9.17, 15) is 4.79 Å². The largest absolute Gasteiger partial charge is 0.487 e. The summed E-state index contributed by atoms with van der Waals surface area (Å²) >= 11 is 0. The predicted molar refractivity (Wildman–Crippen MR) is 110 cm³/mol. The van der Waals surface area contributed by atoms with E-state index in [1.54, 1.807) is 6.20 Å². The maximum Gasteiger partial charge on any atom is 0.305 e. The number of benzene rings is 2. The van der Waals surface area contributed by atoms with Gasteiger partial charge in [-0.05, 0) is 30.2 Å². The highest BCUT2D eigenvalue weighted by Gasteiger charge is 2.04. The second-order valence-electron chi connectivity index (χ2n) is 5.75. The lowest BCUT2D eigenvalue weighted by atomic mass is 10.1. The Morgan fingerprint density at radius 3 is 2.36 bits per heavy atom. The highest BCUT2D eigenvalue weighted by atomic mass is 16.5. The van der Waals surface area contributed by atoms with Crippen LogP contribution in [0.2, 0.25) is 0 Å². The van der Waals surface area contributed by atoms with Crippen LogP contribution in [0.1, 0.15) is 31.5 Å². The van der Waals surface area contributed by atoms with Crippen molar-refractivity contribution in [2.45, 2.75) is 33.3 Å². The minimum absolute atomic E-state index is 0.205. The molecule has 5 heteroatoms. The number of nitrogens with zero attached hydrogens (tertiary/aromatic N) is 2. The second kappa shape index (κ2) is 11.5. The van der Waals surface area contributed by atoms with E-state index in [0.29, 0.717) is 25.3 Å². The number of aryl methyl sites for hydroxylation is 1. The average Bonchev–Trinajstić information content (AvgIpc) is 2.79. The molecule has 0 saturated carbocycles. The lowest BCUT2D eigenvalue weighted by Gasteiger charge is -2.08. The standard InChI is InChI=1S/C21H20N2O3.C2H6/c1-25-20(24)12-9-16-7-10-19(11-8-16)26-15-18-13-14-22-21(23-18)17-5-3-2-4-6-17;1-2/h2-8,10-11,13-14H,9,12,15H2,1H3;1-2H3. The zero-order valence-corrected chi connectivity index (χ0v) is 16.6. The van der Waals surface area contributed by atoms with E-state index in [0.717, 1.165) is 22.6 Å². The number of ether oxygens (including phenoxy) is 2. The Bertz CT molecular complexity index is 849. The summed E-state index contributed by atoms with van der Waals surface area (Å²) in [6, 6.07) is 19.4. The van der Waals surface area contributed by atoms with Crippen molar-refractivity contribution in [2.75, 3.05) is 7.11 Å². The summed E-state index contributed by atoms with van der Waals surface area (Å²) in [7, 11) is 1.40. The summed E-state index contributed by atoms with van der Waals surface area (Å²) < 4.78 is 10.5. The van der Waals surface area contributed by atoms with Crippen LogP contribution in [0, 0.1) is 0 Å². The number of aromatic nitrogens is 2. The van der Waals surface area contributed by atoms with Crippen LogP contribution in [0.3, 0.4) is 0 Å². The first-order valence-electron chi connectivity index (χ1n) is 9.40. The van der Waals surface area contributed by atoms with Crippen molar-refractivity contribution in [3.8, 4) is 17.1 Å². The van der Waals surface area contributed by atoms with Gasteiger partial charge in [-0.2, -0.15) is 0 Å². The molecule has 0 aliphatic rings. The molecule has 28 heavy (non-hydrogen) atoms. The van der Waals surface area contributed by atoms with Crippen molar-refractivity contribution in [3.05, 3.63) is 78.1 Å². The summed E-state index contributed by atoms with van der Waals surface area (Å²) in [5.41, 5.74) is 2.86. The highest BCUT2D eigenvalue weighted by molar-refractivity contribution is 5.69. The van der Waals surface area contributed by atoms with Gasteiger partial charge in [0.25, 0.3) is 0 Å². The van der Waals surface area contributed by atoms with Crippen LogP contribution < -0.4 is 4.74 Å². The number of hydrogen-bond donors (Lipinski definition) is 0. The Morgan fingerprint density at radius 2 is 1.68 bits per heavy atom. The van der Waals surface area contributed by atoms with Gasteiger partial charge >= 0.3 is 5.97 Å². The third-order valence-electron chi connectivity index (χ3n) is 3.90. The van der Waals surface area contributed by atoms with Crippen molar-refractivity contribution in [1.82, 2.24) is 9.97 Å². The average molecular weight is 378 g/mol. The van der Waals surface area contributed by atoms with E-state index in [4.69, 9.17) is 4.74 Å². The molecule has 0 aliphatic heterocycles. The third-order valence-corrected chi connectivity index (χ3v) is 3.90. The molecule has 0 spiro atoms. The van der Waals surface area contributed by atoms with Gasteiger partial charge in [-0.25, -0.2) is 9.97 Å². The summed E-state index contributed by atoms with van der Waals surface area (Å²) in [4.78, 5) is 20.0. The Morgan fingerprint density at radius 1 is 0.964 bits per heavy atom. The number of methoxy groups -OCH3 is 1. The van der Waals surface area contributed by atoms with Crippen LogP contribution in [0.25, 0.3) is 11.4 Å². The smallest absolute Gasteiger partial charge is 0.305 e. The molecule has 5 nitrogen and oxygen atoms in total. The first kappa shape index (κ1) is 21.1. The van der Waals surface area contributed by atoms with Crippen LogP contribution in [0.4, 0.5) is 0 Å². The summed E-state index contributed by atoms with van der Waals surface area (Å²) in [6.45, 7) is 4.36. The molecule has 0 radical (unpaired) electrons. The fourth-order valence-corrected chi connectivity index (χ4v) is 2.46. The molecule has 0 bridgehead atoms. The lowest BCUT2D eigenvalue weighted by molar-refractivity contribution is -0.140. The van der Waals surface area contributed by atoms with Gasteiger partial charge in [0.05, 0.1) is 12.8 Å². The molecule has 2 aromatic carbocycles. The number of rotatable bonds is 7. The number of carbonyl (C=O) groups is 1. The maximum atomic E-state index is 11.2. The van der Waals surface area contributed by atoms with E-state index in [1.165, 1.54) is 7.11 Å². The molecular weight excluding hydrogens is 352 g/mol. The van der Waals surface area contributed by atoms with Gasteiger partial charge in [-0.3, -0.25) is 4.79 Å². The molecule has 1 aromatic heterocycles. The Hall–Kier alpha value is -3.21. The number of carbonyl (C=O) groups excluding carboxylic acids is 1. The molecule has 1 heterocycles. The Labute approximate surface area is 166 Å². The van der Waals surface area contributed by atoms with Crippen LogP contribution in [0.5, 0.6) is 5.75 Å². The molecular formula is C23H26N2O3. The predicted octanol–water partition coefficient (Wildman–Crippen LogP) is 4.85. The normalized spacial score (nSPS) is 9.82. The fourth-order valence-electron chi connectivity index (χ4n) is 2.46. The molecule has 3 aromatic rings. The van der Waals surface area contributed by atoms with E-state index in [1.807, 2.05) is 74.5 Å². The van der Waals surface area contributed by atoms with Gasteiger partial charge in [0.2, 0.25) is 0 Å².